The zero-order valence-corrected chi connectivity index (χ0v) is 11.3. The summed E-state index contributed by atoms with van der Waals surface area (Å²) in [5.41, 5.74) is 6.41. The lowest BCUT2D eigenvalue weighted by atomic mass is 10.1. The summed E-state index contributed by atoms with van der Waals surface area (Å²) in [6, 6.07) is 10.3. The Balaban J connectivity index is 2.54. The monoisotopic (exact) mass is 277 g/mol. The fourth-order valence-electron chi connectivity index (χ4n) is 1.86. The third-order valence-electron chi connectivity index (χ3n) is 2.75. The van der Waals surface area contributed by atoms with Crippen LogP contribution >= 0.6 is 0 Å². The first kappa shape index (κ1) is 13.5. The summed E-state index contributed by atoms with van der Waals surface area (Å²) in [6.45, 7) is 0.164. The molecule has 0 unspecified atom stereocenters. The van der Waals surface area contributed by atoms with Gasteiger partial charge in [0.15, 0.2) is 0 Å². The topological polar surface area (TPSA) is 84.5 Å². The SMILES string of the molecule is CN=CCNS(=O)(=O)c1cccc2c(N)cccc12. The number of nitrogens with two attached hydrogens (primary N) is 1. The third kappa shape index (κ3) is 2.74. The number of nitrogen functional groups attached to an aromatic ring is 1. The number of rotatable bonds is 4. The molecule has 0 spiro atoms. The minimum atomic E-state index is -3.57. The molecule has 0 aromatic heterocycles. The first-order valence-corrected chi connectivity index (χ1v) is 7.22. The van der Waals surface area contributed by atoms with Gasteiger partial charge in [-0.1, -0.05) is 24.3 Å². The fourth-order valence-corrected chi connectivity index (χ4v) is 3.03. The van der Waals surface area contributed by atoms with E-state index in [2.05, 4.69) is 9.71 Å². The van der Waals surface area contributed by atoms with Gasteiger partial charge in [0.05, 0.1) is 4.90 Å². The van der Waals surface area contributed by atoms with E-state index in [1.54, 1.807) is 43.4 Å². The number of aliphatic imine (C=N–C) groups is 1. The Kier molecular flexibility index (Phi) is 3.82. The van der Waals surface area contributed by atoms with Crippen molar-refractivity contribution in [3.63, 3.8) is 0 Å². The molecule has 0 aliphatic carbocycles. The molecule has 100 valence electrons. The van der Waals surface area contributed by atoms with Crippen molar-refractivity contribution in [3.8, 4) is 0 Å². The second-order valence-electron chi connectivity index (χ2n) is 3.99. The van der Waals surface area contributed by atoms with Crippen LogP contribution in [0.25, 0.3) is 10.8 Å². The molecule has 3 N–H and O–H groups in total. The minimum absolute atomic E-state index is 0.164. The van der Waals surface area contributed by atoms with Gasteiger partial charge in [-0.25, -0.2) is 13.1 Å². The molecule has 19 heavy (non-hydrogen) atoms. The van der Waals surface area contributed by atoms with E-state index in [1.165, 1.54) is 6.21 Å². The van der Waals surface area contributed by atoms with Gasteiger partial charge >= 0.3 is 0 Å². The van der Waals surface area contributed by atoms with Gasteiger partial charge in [-0.3, -0.25) is 4.99 Å². The molecule has 0 aliphatic rings. The smallest absolute Gasteiger partial charge is 0.241 e. The maximum Gasteiger partial charge on any atom is 0.241 e. The molecule has 0 atom stereocenters. The molecule has 0 radical (unpaired) electrons. The number of hydrogen-bond acceptors (Lipinski definition) is 4. The van der Waals surface area contributed by atoms with Crippen LogP contribution in [-0.4, -0.2) is 28.2 Å². The van der Waals surface area contributed by atoms with Crippen LogP contribution in [0.15, 0.2) is 46.3 Å². The van der Waals surface area contributed by atoms with E-state index in [9.17, 15) is 8.42 Å². The van der Waals surface area contributed by atoms with Crippen LogP contribution in [-0.2, 0) is 10.0 Å². The van der Waals surface area contributed by atoms with Crippen molar-refractivity contribution in [2.75, 3.05) is 19.3 Å². The number of benzene rings is 2. The second kappa shape index (κ2) is 5.38. The summed E-state index contributed by atoms with van der Waals surface area (Å²) in [4.78, 5) is 3.96. The van der Waals surface area contributed by atoms with Crippen LogP contribution in [0.3, 0.4) is 0 Å². The van der Waals surface area contributed by atoms with Crippen molar-refractivity contribution in [1.82, 2.24) is 4.72 Å². The Morgan fingerprint density at radius 3 is 2.63 bits per heavy atom. The lowest BCUT2D eigenvalue weighted by molar-refractivity contribution is 0.587. The van der Waals surface area contributed by atoms with Gasteiger partial charge in [0, 0.05) is 36.3 Å². The Morgan fingerprint density at radius 2 is 1.89 bits per heavy atom. The first-order valence-electron chi connectivity index (χ1n) is 5.74. The summed E-state index contributed by atoms with van der Waals surface area (Å²) in [6.07, 6.45) is 1.50. The molecule has 0 heterocycles. The molecule has 0 saturated heterocycles. The van der Waals surface area contributed by atoms with Crippen LogP contribution in [0.1, 0.15) is 0 Å². The average molecular weight is 277 g/mol. The number of nitrogens with one attached hydrogen (secondary N) is 1. The minimum Gasteiger partial charge on any atom is -0.398 e. The highest BCUT2D eigenvalue weighted by atomic mass is 32.2. The highest BCUT2D eigenvalue weighted by Crippen LogP contribution is 2.26. The summed E-state index contributed by atoms with van der Waals surface area (Å²) < 4.78 is 26.9. The van der Waals surface area contributed by atoms with E-state index in [4.69, 9.17) is 5.73 Å². The number of hydrogen-bond donors (Lipinski definition) is 2. The molecule has 0 aliphatic heterocycles. The normalized spacial score (nSPS) is 12.3. The van der Waals surface area contributed by atoms with Crippen LogP contribution in [0.5, 0.6) is 0 Å². The van der Waals surface area contributed by atoms with Gasteiger partial charge in [0.25, 0.3) is 0 Å². The van der Waals surface area contributed by atoms with Gasteiger partial charge in [0.1, 0.15) is 0 Å². The van der Waals surface area contributed by atoms with E-state index < -0.39 is 10.0 Å². The van der Waals surface area contributed by atoms with Crippen LogP contribution in [0, 0.1) is 0 Å². The largest absolute Gasteiger partial charge is 0.398 e. The van der Waals surface area contributed by atoms with Gasteiger partial charge in [-0.05, 0) is 12.1 Å². The highest BCUT2D eigenvalue weighted by Gasteiger charge is 2.16. The standard InChI is InChI=1S/C13H15N3O2S/c1-15-8-9-16-19(17,18)13-7-3-4-10-11(13)5-2-6-12(10)14/h2-8,16H,9,14H2,1H3. The lowest BCUT2D eigenvalue weighted by Gasteiger charge is -2.09. The Morgan fingerprint density at radius 1 is 1.21 bits per heavy atom. The van der Waals surface area contributed by atoms with Crippen molar-refractivity contribution < 1.29 is 8.42 Å². The molecule has 2 aromatic rings. The molecular formula is C13H15N3O2S. The molecule has 5 nitrogen and oxygen atoms in total. The molecule has 0 saturated carbocycles. The van der Waals surface area contributed by atoms with Gasteiger partial charge in [0.2, 0.25) is 10.0 Å². The van der Waals surface area contributed by atoms with Crippen molar-refractivity contribution in [3.05, 3.63) is 36.4 Å². The quantitative estimate of drug-likeness (QED) is 0.654. The van der Waals surface area contributed by atoms with E-state index in [-0.39, 0.29) is 11.4 Å². The fraction of sp³-hybridized carbons (Fsp3) is 0.154. The van der Waals surface area contributed by atoms with E-state index in [0.717, 1.165) is 5.39 Å². The van der Waals surface area contributed by atoms with Crippen LogP contribution in [0.2, 0.25) is 0 Å². The molecule has 0 amide bonds. The third-order valence-corrected chi connectivity index (χ3v) is 4.23. The molecule has 2 rings (SSSR count). The predicted octanol–water partition coefficient (Wildman–Crippen LogP) is 1.40. The highest BCUT2D eigenvalue weighted by molar-refractivity contribution is 7.89. The molecule has 0 fully saturated rings. The summed E-state index contributed by atoms with van der Waals surface area (Å²) in [5.74, 6) is 0. The van der Waals surface area contributed by atoms with Crippen molar-refractivity contribution in [1.29, 1.82) is 0 Å². The maximum atomic E-state index is 12.2. The van der Waals surface area contributed by atoms with Crippen molar-refractivity contribution in [2.45, 2.75) is 4.90 Å². The lowest BCUT2D eigenvalue weighted by Crippen LogP contribution is -2.25. The Bertz CT molecular complexity index is 724. The van der Waals surface area contributed by atoms with E-state index >= 15 is 0 Å². The van der Waals surface area contributed by atoms with Crippen molar-refractivity contribution in [2.24, 2.45) is 4.99 Å². The zero-order chi connectivity index (χ0) is 13.9. The maximum absolute atomic E-state index is 12.2. The summed E-state index contributed by atoms with van der Waals surface area (Å²) in [7, 11) is -1.98. The summed E-state index contributed by atoms with van der Waals surface area (Å²) in [5, 5.41) is 1.35. The van der Waals surface area contributed by atoms with Crippen LogP contribution in [0.4, 0.5) is 5.69 Å². The number of nitrogens with zero attached hydrogens (tertiary/aromatic N) is 1. The summed E-state index contributed by atoms with van der Waals surface area (Å²) >= 11 is 0. The van der Waals surface area contributed by atoms with Gasteiger partial charge in [-0.2, -0.15) is 0 Å². The van der Waals surface area contributed by atoms with Crippen molar-refractivity contribution >= 4 is 32.7 Å². The predicted molar refractivity (Wildman–Crippen MR) is 78.0 cm³/mol. The van der Waals surface area contributed by atoms with E-state index in [1.807, 2.05) is 0 Å². The van der Waals surface area contributed by atoms with Gasteiger partial charge < -0.3 is 5.73 Å². The molecule has 0 bridgehead atoms. The van der Waals surface area contributed by atoms with Gasteiger partial charge in [-0.15, -0.1) is 0 Å². The van der Waals surface area contributed by atoms with Crippen LogP contribution < -0.4 is 10.5 Å². The number of fused-ring (bicyclic) bond motifs is 1. The zero-order valence-electron chi connectivity index (χ0n) is 10.5. The Hall–Kier alpha value is -1.92. The number of sulfonamides is 1. The second-order valence-corrected chi connectivity index (χ2v) is 5.73. The number of anilines is 1. The average Bonchev–Trinajstić information content (AvgIpc) is 2.39. The Labute approximate surface area is 112 Å². The van der Waals surface area contributed by atoms with E-state index in [0.29, 0.717) is 11.1 Å². The first-order chi connectivity index (χ1) is 9.06. The molecule has 2 aromatic carbocycles. The molecular weight excluding hydrogens is 262 g/mol. The molecule has 6 heteroatoms.